The summed E-state index contributed by atoms with van der Waals surface area (Å²) in [6.45, 7) is 3.77. The minimum Gasteiger partial charge on any atom is -0.477 e. The van der Waals surface area contributed by atoms with Crippen LogP contribution >= 0.6 is 0 Å². The Kier molecular flexibility index (Phi) is 3.89. The Morgan fingerprint density at radius 2 is 1.90 bits per heavy atom. The highest BCUT2D eigenvalue weighted by Crippen LogP contribution is 2.30. The predicted octanol–water partition coefficient (Wildman–Crippen LogP) is 3.70. The van der Waals surface area contributed by atoms with Crippen LogP contribution in [0, 0.1) is 24.0 Å². The van der Waals surface area contributed by atoms with Crippen LogP contribution < -0.4 is 4.74 Å². The maximum atomic E-state index is 11.1. The predicted molar refractivity (Wildman–Crippen MR) is 76.0 cm³/mol. The van der Waals surface area contributed by atoms with Gasteiger partial charge in [-0.1, -0.05) is 12.1 Å². The van der Waals surface area contributed by atoms with E-state index in [9.17, 15) is 14.9 Å². The molecular formula is C15H13NO5. The molecule has 0 aliphatic heterocycles. The molecule has 2 aromatic carbocycles. The van der Waals surface area contributed by atoms with Crippen LogP contribution in [0.1, 0.15) is 21.5 Å². The number of nitro benzene ring substituents is 1. The van der Waals surface area contributed by atoms with Crippen molar-refractivity contribution in [2.24, 2.45) is 0 Å². The van der Waals surface area contributed by atoms with Gasteiger partial charge < -0.3 is 9.84 Å². The van der Waals surface area contributed by atoms with Crippen molar-refractivity contribution in [3.05, 3.63) is 63.2 Å². The molecule has 1 N–H and O–H groups in total. The fourth-order valence-corrected chi connectivity index (χ4v) is 1.85. The van der Waals surface area contributed by atoms with Gasteiger partial charge >= 0.3 is 5.97 Å². The van der Waals surface area contributed by atoms with E-state index in [0.717, 1.165) is 23.3 Å². The fourth-order valence-electron chi connectivity index (χ4n) is 1.85. The number of hydrogen-bond acceptors (Lipinski definition) is 4. The summed E-state index contributed by atoms with van der Waals surface area (Å²) in [4.78, 5) is 21.2. The van der Waals surface area contributed by atoms with Gasteiger partial charge in [0.15, 0.2) is 0 Å². The van der Waals surface area contributed by atoms with Crippen molar-refractivity contribution in [2.75, 3.05) is 0 Å². The minimum atomic E-state index is -1.37. The van der Waals surface area contributed by atoms with Gasteiger partial charge in [-0.05, 0) is 37.1 Å². The van der Waals surface area contributed by atoms with Crippen LogP contribution in [0.15, 0.2) is 36.4 Å². The number of rotatable bonds is 4. The molecule has 0 aliphatic rings. The first-order chi connectivity index (χ1) is 9.88. The molecule has 0 atom stereocenters. The molecule has 0 aromatic heterocycles. The molecule has 0 heterocycles. The second-order valence-electron chi connectivity index (χ2n) is 4.61. The largest absolute Gasteiger partial charge is 0.477 e. The molecule has 6 nitrogen and oxygen atoms in total. The summed E-state index contributed by atoms with van der Waals surface area (Å²) in [6, 6.07) is 9.30. The topological polar surface area (TPSA) is 89.7 Å². The van der Waals surface area contributed by atoms with Gasteiger partial charge in [-0.25, -0.2) is 4.79 Å². The number of nitrogens with zero attached hydrogens (tertiary/aromatic N) is 1. The van der Waals surface area contributed by atoms with Crippen molar-refractivity contribution in [1.82, 2.24) is 0 Å². The van der Waals surface area contributed by atoms with Gasteiger partial charge in [-0.15, -0.1) is 0 Å². The average Bonchev–Trinajstić information content (AvgIpc) is 2.42. The molecule has 0 fully saturated rings. The molecule has 0 radical (unpaired) electrons. The van der Waals surface area contributed by atoms with E-state index in [2.05, 4.69) is 0 Å². The maximum absolute atomic E-state index is 11.1. The first-order valence-electron chi connectivity index (χ1n) is 6.15. The summed E-state index contributed by atoms with van der Waals surface area (Å²) in [5.41, 5.74) is 1.02. The normalized spacial score (nSPS) is 10.2. The first kappa shape index (κ1) is 14.5. The monoisotopic (exact) mass is 287 g/mol. The number of carboxylic acids is 1. The zero-order valence-corrected chi connectivity index (χ0v) is 11.5. The summed E-state index contributed by atoms with van der Waals surface area (Å²) in [5, 5.41) is 19.8. The quantitative estimate of drug-likeness (QED) is 0.684. The van der Waals surface area contributed by atoms with Crippen LogP contribution in [0.2, 0.25) is 0 Å². The Morgan fingerprint density at radius 1 is 1.19 bits per heavy atom. The number of carbonyl (C=O) groups is 1. The molecule has 0 spiro atoms. The van der Waals surface area contributed by atoms with Crippen molar-refractivity contribution in [1.29, 1.82) is 0 Å². The lowest BCUT2D eigenvalue weighted by molar-refractivity contribution is -0.385. The minimum absolute atomic E-state index is 0.242. The van der Waals surface area contributed by atoms with Crippen LogP contribution in [0.25, 0.3) is 0 Å². The van der Waals surface area contributed by atoms with E-state index in [1.165, 1.54) is 6.07 Å². The highest BCUT2D eigenvalue weighted by Gasteiger charge is 2.20. The van der Waals surface area contributed by atoms with Gasteiger partial charge in [0, 0.05) is 12.1 Å². The van der Waals surface area contributed by atoms with Crippen LogP contribution in [0.5, 0.6) is 11.5 Å². The van der Waals surface area contributed by atoms with E-state index in [1.807, 2.05) is 32.0 Å². The molecule has 0 unspecified atom stereocenters. The lowest BCUT2D eigenvalue weighted by Gasteiger charge is -2.10. The van der Waals surface area contributed by atoms with Gasteiger partial charge in [0.05, 0.1) is 4.92 Å². The van der Waals surface area contributed by atoms with Crippen LogP contribution in [0.4, 0.5) is 5.69 Å². The number of aryl methyl sites for hydroxylation is 2. The number of hydrogen-bond donors (Lipinski definition) is 1. The molecule has 0 saturated carbocycles. The number of nitro groups is 1. The van der Waals surface area contributed by atoms with Crippen molar-refractivity contribution >= 4 is 11.7 Å². The lowest BCUT2D eigenvalue weighted by atomic mass is 10.1. The first-order valence-corrected chi connectivity index (χ1v) is 6.15. The zero-order chi connectivity index (χ0) is 15.6. The standard InChI is InChI=1S/C15H13NO5/c1-9-3-4-10(2)14(7-9)21-11-5-6-13(16(19)20)12(8-11)15(17)18/h3-8H,1-2H3,(H,17,18). The molecule has 0 aliphatic carbocycles. The number of benzene rings is 2. The Hall–Kier alpha value is -2.89. The smallest absolute Gasteiger partial charge is 0.342 e. The summed E-state index contributed by atoms with van der Waals surface area (Å²) < 4.78 is 5.63. The average molecular weight is 287 g/mol. The molecule has 108 valence electrons. The molecule has 6 heteroatoms. The van der Waals surface area contributed by atoms with Gasteiger partial charge in [0.1, 0.15) is 17.1 Å². The van der Waals surface area contributed by atoms with Crippen molar-refractivity contribution in [2.45, 2.75) is 13.8 Å². The molecule has 0 bridgehead atoms. The van der Waals surface area contributed by atoms with Crippen LogP contribution in [-0.2, 0) is 0 Å². The molecular weight excluding hydrogens is 274 g/mol. The molecule has 0 amide bonds. The summed E-state index contributed by atoms with van der Waals surface area (Å²) in [5.74, 6) is -0.542. The Morgan fingerprint density at radius 3 is 2.52 bits per heavy atom. The van der Waals surface area contributed by atoms with E-state index in [0.29, 0.717) is 5.75 Å². The van der Waals surface area contributed by atoms with Gasteiger partial charge in [-0.2, -0.15) is 0 Å². The second-order valence-corrected chi connectivity index (χ2v) is 4.61. The van der Waals surface area contributed by atoms with Gasteiger partial charge in [0.2, 0.25) is 0 Å². The zero-order valence-electron chi connectivity index (χ0n) is 11.5. The fraction of sp³-hybridized carbons (Fsp3) is 0.133. The summed E-state index contributed by atoms with van der Waals surface area (Å²) in [6.07, 6.45) is 0. The van der Waals surface area contributed by atoms with Gasteiger partial charge in [-0.3, -0.25) is 10.1 Å². The van der Waals surface area contributed by atoms with E-state index < -0.39 is 22.1 Å². The van der Waals surface area contributed by atoms with Crippen molar-refractivity contribution in [3.63, 3.8) is 0 Å². The second kappa shape index (κ2) is 5.62. The Balaban J connectivity index is 2.41. The number of ether oxygens (including phenoxy) is 1. The molecule has 0 saturated heterocycles. The van der Waals surface area contributed by atoms with E-state index in [4.69, 9.17) is 9.84 Å². The third kappa shape index (κ3) is 3.17. The van der Waals surface area contributed by atoms with E-state index in [1.54, 1.807) is 0 Å². The molecule has 21 heavy (non-hydrogen) atoms. The highest BCUT2D eigenvalue weighted by atomic mass is 16.6. The summed E-state index contributed by atoms with van der Waals surface area (Å²) in [7, 11) is 0. The number of aromatic carboxylic acids is 1. The van der Waals surface area contributed by atoms with E-state index >= 15 is 0 Å². The maximum Gasteiger partial charge on any atom is 0.342 e. The SMILES string of the molecule is Cc1ccc(C)c(Oc2ccc([N+](=O)[O-])c(C(=O)O)c2)c1. The third-order valence-electron chi connectivity index (χ3n) is 2.97. The summed E-state index contributed by atoms with van der Waals surface area (Å²) >= 11 is 0. The van der Waals surface area contributed by atoms with Crippen molar-refractivity contribution < 1.29 is 19.6 Å². The molecule has 2 rings (SSSR count). The Labute approximate surface area is 120 Å². The Bertz CT molecular complexity index is 724. The molecule has 2 aromatic rings. The third-order valence-corrected chi connectivity index (χ3v) is 2.97. The number of carboxylic acid groups (broad SMARTS) is 1. The van der Waals surface area contributed by atoms with Crippen LogP contribution in [0.3, 0.4) is 0 Å². The highest BCUT2D eigenvalue weighted by molar-refractivity contribution is 5.92. The van der Waals surface area contributed by atoms with Crippen LogP contribution in [-0.4, -0.2) is 16.0 Å². The van der Waals surface area contributed by atoms with Crippen molar-refractivity contribution in [3.8, 4) is 11.5 Å². The van der Waals surface area contributed by atoms with E-state index in [-0.39, 0.29) is 5.75 Å². The lowest BCUT2D eigenvalue weighted by Crippen LogP contribution is -2.03. The van der Waals surface area contributed by atoms with Gasteiger partial charge in [0.25, 0.3) is 5.69 Å².